The van der Waals surface area contributed by atoms with Crippen LogP contribution < -0.4 is 9.64 Å². The van der Waals surface area contributed by atoms with Crippen molar-refractivity contribution >= 4 is 11.6 Å². The summed E-state index contributed by atoms with van der Waals surface area (Å²) >= 11 is 0. The molecule has 0 saturated heterocycles. The number of amides is 1. The molecule has 0 unspecified atom stereocenters. The molecule has 7 nitrogen and oxygen atoms in total. The van der Waals surface area contributed by atoms with Crippen molar-refractivity contribution in [3.8, 4) is 11.6 Å². The molecule has 3 heterocycles. The zero-order chi connectivity index (χ0) is 19.5. The third-order valence-corrected chi connectivity index (χ3v) is 4.54. The molecular formula is C21H23N5O2. The van der Waals surface area contributed by atoms with Crippen molar-refractivity contribution in [2.75, 3.05) is 18.1 Å². The topological polar surface area (TPSA) is 73.1 Å². The number of hydrogen-bond acceptors (Lipinski definition) is 5. The Hall–Kier alpha value is -3.22. The van der Waals surface area contributed by atoms with Gasteiger partial charge in [-0.15, -0.1) is 5.10 Å². The van der Waals surface area contributed by atoms with E-state index in [0.717, 1.165) is 35.3 Å². The van der Waals surface area contributed by atoms with E-state index in [4.69, 9.17) is 9.72 Å². The molecule has 1 aliphatic heterocycles. The molecule has 0 fully saturated rings. The summed E-state index contributed by atoms with van der Waals surface area (Å²) in [5.41, 5.74) is 0.796. The van der Waals surface area contributed by atoms with E-state index in [1.54, 1.807) is 15.8 Å². The van der Waals surface area contributed by atoms with Gasteiger partial charge in [-0.25, -0.2) is 9.97 Å². The summed E-state index contributed by atoms with van der Waals surface area (Å²) in [5, 5.41) is 4.66. The molecular weight excluding hydrogens is 354 g/mol. The molecule has 1 aromatic carbocycles. The lowest BCUT2D eigenvalue weighted by Crippen LogP contribution is -2.40. The molecule has 0 N–H and O–H groups in total. The van der Waals surface area contributed by atoms with Crippen LogP contribution in [0.5, 0.6) is 5.75 Å². The molecule has 2 aromatic heterocycles. The standard InChI is InChI=1S/C21H23N5O2/c1-15(2)13-18-23-20(26(24-18)19-9-5-6-11-22-19)10-12-25-16-7-3-4-8-17(16)28-14-21(25)27/h3-9,11,15H,10,12-14H2,1-2H3. The van der Waals surface area contributed by atoms with Crippen LogP contribution in [0, 0.1) is 5.92 Å². The molecule has 3 aromatic rings. The van der Waals surface area contributed by atoms with Gasteiger partial charge in [0.25, 0.3) is 5.91 Å². The molecule has 0 spiro atoms. The monoisotopic (exact) mass is 377 g/mol. The van der Waals surface area contributed by atoms with Crippen LogP contribution in [0.3, 0.4) is 0 Å². The number of carbonyl (C=O) groups excluding carboxylic acids is 1. The summed E-state index contributed by atoms with van der Waals surface area (Å²) in [6.07, 6.45) is 3.11. The van der Waals surface area contributed by atoms with Gasteiger partial charge in [0.2, 0.25) is 0 Å². The van der Waals surface area contributed by atoms with Gasteiger partial charge in [-0.1, -0.05) is 32.0 Å². The molecule has 0 atom stereocenters. The zero-order valence-electron chi connectivity index (χ0n) is 16.1. The van der Waals surface area contributed by atoms with Crippen molar-refractivity contribution < 1.29 is 9.53 Å². The predicted octanol–water partition coefficient (Wildman–Crippen LogP) is 2.83. The number of fused-ring (bicyclic) bond motifs is 1. The van der Waals surface area contributed by atoms with Gasteiger partial charge in [-0.2, -0.15) is 4.68 Å². The van der Waals surface area contributed by atoms with E-state index in [0.29, 0.717) is 18.9 Å². The summed E-state index contributed by atoms with van der Waals surface area (Å²) in [6.45, 7) is 4.85. The minimum absolute atomic E-state index is 0.0509. The SMILES string of the molecule is CC(C)Cc1nc(CCN2C(=O)COc3ccccc32)n(-c2ccccn2)n1. The van der Waals surface area contributed by atoms with Crippen molar-refractivity contribution in [1.29, 1.82) is 0 Å². The number of rotatable bonds is 6. The van der Waals surface area contributed by atoms with Crippen molar-refractivity contribution in [3.05, 3.63) is 60.3 Å². The predicted molar refractivity (Wildman–Crippen MR) is 106 cm³/mol. The van der Waals surface area contributed by atoms with E-state index in [1.165, 1.54) is 0 Å². The number of benzene rings is 1. The maximum Gasteiger partial charge on any atom is 0.265 e. The number of nitrogens with zero attached hydrogens (tertiary/aromatic N) is 5. The maximum absolute atomic E-state index is 12.4. The Labute approximate surface area is 164 Å². The highest BCUT2D eigenvalue weighted by molar-refractivity contribution is 5.97. The fourth-order valence-corrected chi connectivity index (χ4v) is 3.28. The molecule has 0 bridgehead atoms. The molecule has 28 heavy (non-hydrogen) atoms. The summed E-state index contributed by atoms with van der Waals surface area (Å²) in [4.78, 5) is 23.3. The van der Waals surface area contributed by atoms with E-state index >= 15 is 0 Å². The first-order valence-corrected chi connectivity index (χ1v) is 9.50. The normalized spacial score (nSPS) is 13.5. The lowest BCUT2D eigenvalue weighted by molar-refractivity contribution is -0.121. The lowest BCUT2D eigenvalue weighted by Gasteiger charge is -2.29. The zero-order valence-corrected chi connectivity index (χ0v) is 16.1. The lowest BCUT2D eigenvalue weighted by atomic mass is 10.1. The second-order valence-corrected chi connectivity index (χ2v) is 7.19. The van der Waals surface area contributed by atoms with Gasteiger partial charge in [-0.05, 0) is 30.2 Å². The number of aromatic nitrogens is 4. The molecule has 1 amide bonds. The van der Waals surface area contributed by atoms with E-state index < -0.39 is 0 Å². The van der Waals surface area contributed by atoms with Gasteiger partial charge in [-0.3, -0.25) is 4.79 Å². The molecule has 0 aliphatic carbocycles. The minimum Gasteiger partial charge on any atom is -0.482 e. The van der Waals surface area contributed by atoms with Crippen molar-refractivity contribution in [2.24, 2.45) is 5.92 Å². The van der Waals surface area contributed by atoms with Crippen LogP contribution in [0.15, 0.2) is 48.7 Å². The number of ether oxygens (including phenoxy) is 1. The van der Waals surface area contributed by atoms with Crippen LogP contribution in [-0.4, -0.2) is 38.8 Å². The van der Waals surface area contributed by atoms with Gasteiger partial charge in [0.05, 0.1) is 5.69 Å². The molecule has 1 aliphatic rings. The van der Waals surface area contributed by atoms with Crippen LogP contribution in [-0.2, 0) is 17.6 Å². The van der Waals surface area contributed by atoms with Gasteiger partial charge < -0.3 is 9.64 Å². The molecule has 7 heteroatoms. The van der Waals surface area contributed by atoms with E-state index in [1.807, 2.05) is 42.5 Å². The van der Waals surface area contributed by atoms with Gasteiger partial charge >= 0.3 is 0 Å². The molecule has 0 radical (unpaired) electrons. The first-order chi connectivity index (χ1) is 13.6. The first kappa shape index (κ1) is 18.2. The summed E-state index contributed by atoms with van der Waals surface area (Å²) in [6, 6.07) is 13.3. The average molecular weight is 377 g/mol. The summed E-state index contributed by atoms with van der Waals surface area (Å²) in [7, 11) is 0. The Kier molecular flexibility index (Phi) is 5.06. The second-order valence-electron chi connectivity index (χ2n) is 7.19. The van der Waals surface area contributed by atoms with Crippen LogP contribution >= 0.6 is 0 Å². The van der Waals surface area contributed by atoms with Gasteiger partial charge in [0.15, 0.2) is 18.2 Å². The molecule has 144 valence electrons. The van der Waals surface area contributed by atoms with E-state index in [2.05, 4.69) is 23.9 Å². The van der Waals surface area contributed by atoms with Gasteiger partial charge in [0, 0.05) is 25.6 Å². The number of hydrogen-bond donors (Lipinski definition) is 0. The number of carbonyl (C=O) groups is 1. The molecule has 4 rings (SSSR count). The van der Waals surface area contributed by atoms with Crippen LogP contribution in [0.4, 0.5) is 5.69 Å². The quantitative estimate of drug-likeness (QED) is 0.660. The average Bonchev–Trinajstić information content (AvgIpc) is 3.10. The largest absolute Gasteiger partial charge is 0.482 e. The highest BCUT2D eigenvalue weighted by Crippen LogP contribution is 2.31. The second kappa shape index (κ2) is 7.80. The number of anilines is 1. The Morgan fingerprint density at radius 3 is 2.75 bits per heavy atom. The fourth-order valence-electron chi connectivity index (χ4n) is 3.28. The summed E-state index contributed by atoms with van der Waals surface area (Å²) < 4.78 is 7.31. The third-order valence-electron chi connectivity index (χ3n) is 4.54. The van der Waals surface area contributed by atoms with Crippen molar-refractivity contribution in [2.45, 2.75) is 26.7 Å². The third kappa shape index (κ3) is 3.74. The minimum atomic E-state index is -0.0509. The summed E-state index contributed by atoms with van der Waals surface area (Å²) in [5.74, 6) is 3.46. The van der Waals surface area contributed by atoms with E-state index in [-0.39, 0.29) is 12.5 Å². The van der Waals surface area contributed by atoms with Gasteiger partial charge in [0.1, 0.15) is 11.6 Å². The smallest absolute Gasteiger partial charge is 0.265 e. The van der Waals surface area contributed by atoms with Crippen LogP contribution in [0.2, 0.25) is 0 Å². The number of para-hydroxylation sites is 2. The Morgan fingerprint density at radius 2 is 1.96 bits per heavy atom. The Morgan fingerprint density at radius 1 is 1.14 bits per heavy atom. The van der Waals surface area contributed by atoms with E-state index in [9.17, 15) is 4.79 Å². The fraction of sp³-hybridized carbons (Fsp3) is 0.333. The maximum atomic E-state index is 12.4. The highest BCUT2D eigenvalue weighted by Gasteiger charge is 2.25. The highest BCUT2D eigenvalue weighted by atomic mass is 16.5. The Bertz CT molecular complexity index is 968. The van der Waals surface area contributed by atoms with Crippen molar-refractivity contribution in [1.82, 2.24) is 19.7 Å². The molecule has 0 saturated carbocycles. The number of pyridine rings is 1. The first-order valence-electron chi connectivity index (χ1n) is 9.50. The van der Waals surface area contributed by atoms with Crippen LogP contribution in [0.1, 0.15) is 25.5 Å². The van der Waals surface area contributed by atoms with Crippen LogP contribution in [0.25, 0.3) is 5.82 Å². The van der Waals surface area contributed by atoms with Crippen molar-refractivity contribution in [3.63, 3.8) is 0 Å². The Balaban J connectivity index is 1.61.